The largest absolute Gasteiger partial charge is 0.378 e. The minimum absolute atomic E-state index is 0.0205. The molecule has 3 fully saturated rings. The van der Waals surface area contributed by atoms with Gasteiger partial charge in [0.05, 0.1) is 25.2 Å². The molecule has 1 aromatic heterocycles. The van der Waals surface area contributed by atoms with Crippen LogP contribution in [-0.2, 0) is 19.9 Å². The van der Waals surface area contributed by atoms with Gasteiger partial charge in [0, 0.05) is 59.2 Å². The molecule has 0 bridgehead atoms. The molecule has 9 nitrogen and oxygen atoms in total. The zero-order valence-corrected chi connectivity index (χ0v) is 26.7. The number of morpholine rings is 1. The van der Waals surface area contributed by atoms with Gasteiger partial charge in [-0.15, -0.1) is 0 Å². The van der Waals surface area contributed by atoms with Crippen molar-refractivity contribution < 1.29 is 23.3 Å². The molecule has 1 spiro atoms. The molecule has 6 heterocycles. The number of likely N-dealkylation sites (tertiary alicyclic amines) is 1. The van der Waals surface area contributed by atoms with Gasteiger partial charge in [0.25, 0.3) is 5.91 Å². The number of pyridine rings is 1. The van der Waals surface area contributed by atoms with E-state index in [0.717, 1.165) is 35.5 Å². The van der Waals surface area contributed by atoms with Crippen molar-refractivity contribution >= 4 is 52.3 Å². The van der Waals surface area contributed by atoms with Crippen LogP contribution < -0.4 is 5.32 Å². The predicted molar refractivity (Wildman–Crippen MR) is 171 cm³/mol. The van der Waals surface area contributed by atoms with Crippen molar-refractivity contribution in [2.24, 2.45) is 16.8 Å². The van der Waals surface area contributed by atoms with Crippen LogP contribution in [0.5, 0.6) is 0 Å². The smallest absolute Gasteiger partial charge is 0.300 e. The number of fused-ring (bicyclic) bond motifs is 6. The molecule has 2 aliphatic carbocycles. The zero-order chi connectivity index (χ0) is 31.5. The van der Waals surface area contributed by atoms with Crippen molar-refractivity contribution in [3.8, 4) is 0 Å². The highest BCUT2D eigenvalue weighted by Gasteiger charge is 2.73. The summed E-state index contributed by atoms with van der Waals surface area (Å²) in [5, 5.41) is 3.41. The number of carbonyl (C=O) groups is 2. The summed E-state index contributed by atoms with van der Waals surface area (Å²) in [6.45, 7) is 5.46. The highest BCUT2D eigenvalue weighted by atomic mass is 35.5. The fourth-order valence-electron chi connectivity index (χ4n) is 8.82. The average molecular weight is 663 g/mol. The molecule has 2 aromatic rings. The molecule has 2 saturated heterocycles. The Morgan fingerprint density at radius 2 is 2.02 bits per heavy atom. The Morgan fingerprint density at radius 3 is 2.80 bits per heavy atom. The van der Waals surface area contributed by atoms with Crippen molar-refractivity contribution in [2.75, 3.05) is 44.7 Å². The molecular formula is C34H32Cl2FN6O3+. The standard InChI is InChI=1S/C34H31Cl2FN6O3/c1-17-20(32(44)41-10-12-46-13-11-41)5-7-24-29(17)40-31-26-25(16-42(24)31)43(15-18-2-3-18)34(27(26)21-8-9-38-30(36)28(21)37)22-6-4-19(35)14-23(22)39-33(34)45/h4-9,14,18,24-27H,2-3,10-13,15-16H2,1H3/p+1/t24?,25-,26+,27-,34+/m0/s1. The van der Waals surface area contributed by atoms with E-state index in [4.69, 9.17) is 32.9 Å². The van der Waals surface area contributed by atoms with Crippen molar-refractivity contribution in [2.45, 2.75) is 43.3 Å². The lowest BCUT2D eigenvalue weighted by Gasteiger charge is -2.40. The molecule has 5 aliphatic heterocycles. The molecule has 1 unspecified atom stereocenters. The number of nitrogens with zero attached hydrogens (tertiary/aromatic N) is 5. The highest BCUT2D eigenvalue weighted by molar-refractivity contribution is 6.31. The van der Waals surface area contributed by atoms with Crippen LogP contribution in [0.3, 0.4) is 0 Å². The molecule has 2 amide bonds. The molecule has 1 aromatic carbocycles. The first-order valence-corrected chi connectivity index (χ1v) is 16.7. The maximum Gasteiger partial charge on any atom is 0.300 e. The third-order valence-corrected chi connectivity index (χ3v) is 11.5. The minimum atomic E-state index is -1.20. The average Bonchev–Trinajstić information content (AvgIpc) is 3.49. The van der Waals surface area contributed by atoms with Crippen LogP contribution in [0, 0.1) is 17.7 Å². The molecule has 236 valence electrons. The Morgan fingerprint density at radius 1 is 1.22 bits per heavy atom. The van der Waals surface area contributed by atoms with Crippen molar-refractivity contribution in [1.29, 1.82) is 0 Å². The van der Waals surface area contributed by atoms with E-state index in [2.05, 4.69) is 25.9 Å². The summed E-state index contributed by atoms with van der Waals surface area (Å²) in [6.07, 6.45) is 7.70. The second-order valence-corrected chi connectivity index (χ2v) is 14.1. The van der Waals surface area contributed by atoms with Crippen LogP contribution in [0.2, 0.25) is 10.2 Å². The number of carbonyl (C=O) groups excluding carboxylic acids is 2. The van der Waals surface area contributed by atoms with E-state index >= 15 is 4.39 Å². The van der Waals surface area contributed by atoms with Gasteiger partial charge in [0.2, 0.25) is 11.6 Å². The number of ether oxygens (including phenoxy) is 1. The first-order valence-electron chi connectivity index (χ1n) is 16.0. The van der Waals surface area contributed by atoms with E-state index in [1.54, 1.807) is 18.2 Å². The first-order chi connectivity index (χ1) is 22.3. The van der Waals surface area contributed by atoms with E-state index in [1.807, 2.05) is 24.0 Å². The number of amides is 2. The summed E-state index contributed by atoms with van der Waals surface area (Å²) in [7, 11) is 0. The Bertz CT molecular complexity index is 1860. The monoisotopic (exact) mass is 661 g/mol. The van der Waals surface area contributed by atoms with Crippen LogP contribution >= 0.6 is 23.2 Å². The summed E-state index contributed by atoms with van der Waals surface area (Å²) < 4.78 is 24.0. The predicted octanol–water partition coefficient (Wildman–Crippen LogP) is 4.16. The number of rotatable bonds is 4. The van der Waals surface area contributed by atoms with Gasteiger partial charge in [-0.3, -0.25) is 14.5 Å². The second kappa shape index (κ2) is 10.3. The number of anilines is 1. The number of aromatic nitrogens is 1. The van der Waals surface area contributed by atoms with Gasteiger partial charge in [0.1, 0.15) is 12.1 Å². The van der Waals surface area contributed by atoms with Gasteiger partial charge in [-0.1, -0.05) is 29.3 Å². The van der Waals surface area contributed by atoms with Gasteiger partial charge >= 0.3 is 5.84 Å². The Kier molecular flexibility index (Phi) is 6.43. The van der Waals surface area contributed by atoms with Gasteiger partial charge in [-0.05, 0) is 66.6 Å². The van der Waals surface area contributed by atoms with Gasteiger partial charge in [0.15, 0.2) is 17.0 Å². The van der Waals surface area contributed by atoms with Crippen LogP contribution in [0.1, 0.15) is 36.8 Å². The number of halogens is 3. The number of amidine groups is 1. The van der Waals surface area contributed by atoms with Gasteiger partial charge in [-0.25, -0.2) is 13.9 Å². The minimum Gasteiger partial charge on any atom is -0.378 e. The molecule has 9 rings (SSSR count). The fourth-order valence-corrected chi connectivity index (χ4v) is 9.16. The lowest BCUT2D eigenvalue weighted by molar-refractivity contribution is -0.531. The summed E-state index contributed by atoms with van der Waals surface area (Å²) in [5.74, 6) is -0.524. The topological polar surface area (TPSA) is 90.1 Å². The van der Waals surface area contributed by atoms with E-state index in [1.165, 1.54) is 6.20 Å². The summed E-state index contributed by atoms with van der Waals surface area (Å²) in [5.41, 5.74) is 2.90. The quantitative estimate of drug-likeness (QED) is 0.393. The van der Waals surface area contributed by atoms with Gasteiger partial charge in [-0.2, -0.15) is 0 Å². The van der Waals surface area contributed by atoms with E-state index < -0.39 is 17.3 Å². The van der Waals surface area contributed by atoms with Crippen LogP contribution in [0.15, 0.2) is 58.8 Å². The maximum atomic E-state index is 16.2. The maximum absolute atomic E-state index is 16.2. The lowest BCUT2D eigenvalue weighted by Crippen LogP contribution is -2.54. The molecule has 0 radical (unpaired) electrons. The Hall–Kier alpha value is -3.44. The summed E-state index contributed by atoms with van der Waals surface area (Å²) in [6, 6.07) is 6.89. The number of benzene rings is 1. The molecule has 5 atom stereocenters. The SMILES string of the molecule is CC1=C(C(=O)N2CCOCC2)C=CC2C1=NC1=[N+]2C[C@H]2[C@@H]1[C@H](c1ccnc(Cl)c1F)[C@]1(C(=O)Nc3cc(Cl)ccc31)N2CC1CC1. The van der Waals surface area contributed by atoms with Crippen molar-refractivity contribution in [3.63, 3.8) is 0 Å². The molecule has 46 heavy (non-hydrogen) atoms. The number of hydrogen-bond acceptors (Lipinski definition) is 6. The molecular weight excluding hydrogens is 630 g/mol. The number of aliphatic imine (C=N–C) groups is 1. The summed E-state index contributed by atoms with van der Waals surface area (Å²) in [4.78, 5) is 41.6. The van der Waals surface area contributed by atoms with Gasteiger partial charge < -0.3 is 15.0 Å². The van der Waals surface area contributed by atoms with Crippen molar-refractivity contribution in [1.82, 2.24) is 14.8 Å². The third-order valence-electron chi connectivity index (χ3n) is 11.0. The third kappa shape index (κ3) is 3.90. The number of nitrogens with one attached hydrogen (secondary N) is 1. The van der Waals surface area contributed by atoms with Crippen molar-refractivity contribution in [3.05, 3.63) is 80.9 Å². The van der Waals surface area contributed by atoms with E-state index in [9.17, 15) is 9.59 Å². The molecule has 12 heteroatoms. The number of hydrogen-bond donors (Lipinski definition) is 1. The lowest BCUT2D eigenvalue weighted by atomic mass is 9.71. The Balaban J connectivity index is 1.21. The normalized spacial score (nSPS) is 31.3. The zero-order valence-electron chi connectivity index (χ0n) is 25.2. The summed E-state index contributed by atoms with van der Waals surface area (Å²) >= 11 is 12.7. The second-order valence-electron chi connectivity index (χ2n) is 13.3. The highest BCUT2D eigenvalue weighted by Crippen LogP contribution is 2.62. The van der Waals surface area contributed by atoms with E-state index in [-0.39, 0.29) is 35.0 Å². The van der Waals surface area contributed by atoms with E-state index in [0.29, 0.717) is 67.2 Å². The van der Waals surface area contributed by atoms with Crippen LogP contribution in [-0.4, -0.2) is 94.2 Å². The first kappa shape index (κ1) is 28.8. The van der Waals surface area contributed by atoms with Crippen LogP contribution in [0.25, 0.3) is 0 Å². The fraction of sp³-hybridized carbons (Fsp3) is 0.441. The molecule has 7 aliphatic rings. The van der Waals surface area contributed by atoms with Crippen LogP contribution in [0.4, 0.5) is 10.1 Å². The molecule has 1 N–H and O–H groups in total. The molecule has 1 saturated carbocycles. The Labute approximate surface area is 275 Å².